The highest BCUT2D eigenvalue weighted by Gasteiger charge is 2.34. The summed E-state index contributed by atoms with van der Waals surface area (Å²) in [5.74, 6) is 1.46. The molecule has 0 spiro atoms. The van der Waals surface area contributed by atoms with Gasteiger partial charge in [-0.15, -0.1) is 0 Å². The van der Waals surface area contributed by atoms with Crippen LogP contribution in [0.2, 0.25) is 0 Å². The van der Waals surface area contributed by atoms with Gasteiger partial charge in [-0.25, -0.2) is 0 Å². The lowest BCUT2D eigenvalue weighted by atomic mass is 9.75. The van der Waals surface area contributed by atoms with Gasteiger partial charge in [0.1, 0.15) is 0 Å². The number of hydrogen-bond donors (Lipinski definition) is 1. The van der Waals surface area contributed by atoms with Gasteiger partial charge in [-0.2, -0.15) is 0 Å². The minimum absolute atomic E-state index is 0.0857. The van der Waals surface area contributed by atoms with E-state index in [-0.39, 0.29) is 6.10 Å². The number of hydrogen-bond acceptors (Lipinski definition) is 2. The first kappa shape index (κ1) is 15.0. The first-order valence-corrected chi connectivity index (χ1v) is 7.09. The van der Waals surface area contributed by atoms with Crippen LogP contribution in [0.4, 0.5) is 0 Å². The highest BCUT2D eigenvalue weighted by molar-refractivity contribution is 4.88. The fraction of sp³-hybridized carbons (Fsp3) is 1.00. The Labute approximate surface area is 107 Å². The molecule has 1 rings (SSSR count). The maximum Gasteiger partial charge on any atom is 0.0555 e. The summed E-state index contributed by atoms with van der Waals surface area (Å²) in [6.45, 7) is 12.6. The summed E-state index contributed by atoms with van der Waals surface area (Å²) in [6, 6.07) is 0.554. The number of nitrogens with zero attached hydrogens (tertiary/aromatic N) is 1. The Morgan fingerprint density at radius 2 is 1.82 bits per heavy atom. The minimum Gasteiger partial charge on any atom is -0.393 e. The van der Waals surface area contributed by atoms with Crippen LogP contribution in [0.15, 0.2) is 0 Å². The van der Waals surface area contributed by atoms with Crippen LogP contribution in [0.5, 0.6) is 0 Å². The molecule has 0 bridgehead atoms. The van der Waals surface area contributed by atoms with Crippen LogP contribution in [0.3, 0.4) is 0 Å². The molecule has 1 fully saturated rings. The SMILES string of the molecule is CC(C)C1CCC(O)CC1N(C)CC(C)(C)C. The molecule has 1 aliphatic carbocycles. The van der Waals surface area contributed by atoms with E-state index in [2.05, 4.69) is 46.6 Å². The van der Waals surface area contributed by atoms with Gasteiger partial charge in [0.05, 0.1) is 6.10 Å². The van der Waals surface area contributed by atoms with Crippen molar-refractivity contribution in [2.45, 2.75) is 66.0 Å². The van der Waals surface area contributed by atoms with Gasteiger partial charge >= 0.3 is 0 Å². The average Bonchev–Trinajstić information content (AvgIpc) is 2.14. The maximum absolute atomic E-state index is 9.90. The zero-order valence-electron chi connectivity index (χ0n) is 12.5. The van der Waals surface area contributed by atoms with Gasteiger partial charge in [0, 0.05) is 12.6 Å². The zero-order chi connectivity index (χ0) is 13.2. The predicted octanol–water partition coefficient (Wildman–Crippen LogP) is 3.15. The van der Waals surface area contributed by atoms with Crippen LogP contribution >= 0.6 is 0 Å². The second kappa shape index (κ2) is 5.71. The van der Waals surface area contributed by atoms with Crippen molar-refractivity contribution >= 4 is 0 Å². The molecular weight excluding hydrogens is 210 g/mol. The lowest BCUT2D eigenvalue weighted by molar-refractivity contribution is 0.0112. The lowest BCUT2D eigenvalue weighted by Crippen LogP contribution is -2.48. The highest BCUT2D eigenvalue weighted by Crippen LogP contribution is 2.34. The topological polar surface area (TPSA) is 23.5 Å². The smallest absolute Gasteiger partial charge is 0.0555 e. The Balaban J connectivity index is 2.68. The summed E-state index contributed by atoms with van der Waals surface area (Å²) in [5.41, 5.74) is 0.332. The van der Waals surface area contributed by atoms with Gasteiger partial charge < -0.3 is 10.0 Å². The van der Waals surface area contributed by atoms with Crippen molar-refractivity contribution in [3.8, 4) is 0 Å². The van der Waals surface area contributed by atoms with Crippen LogP contribution in [-0.2, 0) is 0 Å². The van der Waals surface area contributed by atoms with E-state index in [4.69, 9.17) is 0 Å². The van der Waals surface area contributed by atoms with Crippen molar-refractivity contribution in [3.05, 3.63) is 0 Å². The van der Waals surface area contributed by atoms with Gasteiger partial charge in [-0.05, 0) is 43.6 Å². The monoisotopic (exact) mass is 241 g/mol. The van der Waals surface area contributed by atoms with Gasteiger partial charge in [0.25, 0.3) is 0 Å². The molecule has 0 aliphatic heterocycles. The summed E-state index contributed by atoms with van der Waals surface area (Å²) in [7, 11) is 2.23. The minimum atomic E-state index is -0.0857. The molecule has 3 unspecified atom stereocenters. The first-order valence-electron chi connectivity index (χ1n) is 7.09. The fourth-order valence-corrected chi connectivity index (χ4v) is 3.30. The second-order valence-electron chi connectivity index (χ2n) is 7.42. The molecule has 1 saturated carbocycles. The average molecular weight is 241 g/mol. The van der Waals surface area contributed by atoms with Gasteiger partial charge in [0.2, 0.25) is 0 Å². The predicted molar refractivity (Wildman–Crippen MR) is 74.1 cm³/mol. The largest absolute Gasteiger partial charge is 0.393 e. The second-order valence-corrected chi connectivity index (χ2v) is 7.42. The molecule has 1 N–H and O–H groups in total. The number of aliphatic hydroxyl groups is 1. The summed E-state index contributed by atoms with van der Waals surface area (Å²) in [4.78, 5) is 2.48. The van der Waals surface area contributed by atoms with Crippen LogP contribution in [0.25, 0.3) is 0 Å². The van der Waals surface area contributed by atoms with E-state index < -0.39 is 0 Å². The molecular formula is C15H31NO. The molecule has 0 amide bonds. The van der Waals surface area contributed by atoms with Crippen molar-refractivity contribution in [2.75, 3.05) is 13.6 Å². The van der Waals surface area contributed by atoms with Crippen LogP contribution in [-0.4, -0.2) is 35.7 Å². The molecule has 0 saturated heterocycles. The lowest BCUT2D eigenvalue weighted by Gasteiger charge is -2.43. The molecule has 3 atom stereocenters. The molecule has 0 radical (unpaired) electrons. The van der Waals surface area contributed by atoms with Crippen molar-refractivity contribution in [3.63, 3.8) is 0 Å². The van der Waals surface area contributed by atoms with E-state index in [1.807, 2.05) is 0 Å². The van der Waals surface area contributed by atoms with Crippen molar-refractivity contribution in [2.24, 2.45) is 17.3 Å². The molecule has 17 heavy (non-hydrogen) atoms. The van der Waals surface area contributed by atoms with E-state index in [9.17, 15) is 5.11 Å². The van der Waals surface area contributed by atoms with E-state index in [1.54, 1.807) is 0 Å². The Bertz CT molecular complexity index is 232. The van der Waals surface area contributed by atoms with E-state index in [0.29, 0.717) is 11.5 Å². The number of rotatable bonds is 3. The fourth-order valence-electron chi connectivity index (χ4n) is 3.30. The molecule has 0 heterocycles. The van der Waals surface area contributed by atoms with Crippen molar-refractivity contribution < 1.29 is 5.11 Å². The third-order valence-electron chi connectivity index (χ3n) is 3.99. The Hall–Kier alpha value is -0.0800. The van der Waals surface area contributed by atoms with Gasteiger partial charge in [-0.1, -0.05) is 34.6 Å². The van der Waals surface area contributed by atoms with Crippen LogP contribution in [0.1, 0.15) is 53.9 Å². The summed E-state index contributed by atoms with van der Waals surface area (Å²) >= 11 is 0. The molecule has 102 valence electrons. The molecule has 2 nitrogen and oxygen atoms in total. The molecule has 0 aromatic rings. The number of aliphatic hydroxyl groups excluding tert-OH is 1. The normalized spacial score (nSPS) is 31.2. The Morgan fingerprint density at radius 1 is 1.24 bits per heavy atom. The summed E-state index contributed by atoms with van der Waals surface area (Å²) in [6.07, 6.45) is 3.04. The quantitative estimate of drug-likeness (QED) is 0.820. The van der Waals surface area contributed by atoms with Crippen LogP contribution in [0, 0.1) is 17.3 Å². The van der Waals surface area contributed by atoms with Crippen LogP contribution < -0.4 is 0 Å². The van der Waals surface area contributed by atoms with Crippen molar-refractivity contribution in [1.29, 1.82) is 0 Å². The molecule has 0 aromatic carbocycles. The Morgan fingerprint density at radius 3 is 2.29 bits per heavy atom. The summed E-state index contributed by atoms with van der Waals surface area (Å²) in [5, 5.41) is 9.90. The summed E-state index contributed by atoms with van der Waals surface area (Å²) < 4.78 is 0. The van der Waals surface area contributed by atoms with E-state index in [1.165, 1.54) is 6.42 Å². The molecule has 2 heteroatoms. The van der Waals surface area contributed by atoms with Gasteiger partial charge in [0.15, 0.2) is 0 Å². The maximum atomic E-state index is 9.90. The highest BCUT2D eigenvalue weighted by atomic mass is 16.3. The standard InChI is InChI=1S/C15H31NO/c1-11(2)13-8-7-12(17)9-14(13)16(6)10-15(3,4)5/h11-14,17H,7-10H2,1-6H3. The van der Waals surface area contributed by atoms with E-state index in [0.717, 1.165) is 31.2 Å². The van der Waals surface area contributed by atoms with Crippen molar-refractivity contribution in [1.82, 2.24) is 4.90 Å². The molecule has 0 aromatic heterocycles. The molecule has 1 aliphatic rings. The van der Waals surface area contributed by atoms with Gasteiger partial charge in [-0.3, -0.25) is 0 Å². The Kier molecular flexibility index (Phi) is 5.03. The third kappa shape index (κ3) is 4.59. The third-order valence-corrected chi connectivity index (χ3v) is 3.99. The van der Waals surface area contributed by atoms with E-state index >= 15 is 0 Å². The first-order chi connectivity index (χ1) is 7.70. The zero-order valence-corrected chi connectivity index (χ0v) is 12.5.